The maximum absolute atomic E-state index is 13.0. The van der Waals surface area contributed by atoms with Crippen molar-refractivity contribution in [3.05, 3.63) is 58.4 Å². The first-order valence-electron chi connectivity index (χ1n) is 8.13. The van der Waals surface area contributed by atoms with E-state index in [9.17, 15) is 9.18 Å². The predicted octanol–water partition coefficient (Wildman–Crippen LogP) is 3.96. The van der Waals surface area contributed by atoms with Crippen LogP contribution in [0.2, 0.25) is 0 Å². The lowest BCUT2D eigenvalue weighted by Gasteiger charge is -2.30. The fourth-order valence-corrected chi connectivity index (χ4v) is 3.73. The first-order chi connectivity index (χ1) is 12.2. The summed E-state index contributed by atoms with van der Waals surface area (Å²) in [7, 11) is 0. The summed E-state index contributed by atoms with van der Waals surface area (Å²) in [5.41, 5.74) is 0.707. The minimum absolute atomic E-state index is 0.0272. The molecule has 1 aromatic carbocycles. The van der Waals surface area contributed by atoms with Gasteiger partial charge in [-0.05, 0) is 48.6 Å². The van der Waals surface area contributed by atoms with Gasteiger partial charge in [0.2, 0.25) is 11.7 Å². The highest BCUT2D eigenvalue weighted by molar-refractivity contribution is 7.12. The summed E-state index contributed by atoms with van der Waals surface area (Å²) in [6.07, 6.45) is 1.80. The number of amides is 1. The molecule has 1 atom stereocenters. The number of rotatable bonds is 3. The topological polar surface area (TPSA) is 59.2 Å². The van der Waals surface area contributed by atoms with E-state index in [1.807, 2.05) is 22.4 Å². The Kier molecular flexibility index (Phi) is 4.31. The Balaban J connectivity index is 1.50. The molecule has 5 nitrogen and oxygen atoms in total. The minimum atomic E-state index is -0.303. The zero-order valence-corrected chi connectivity index (χ0v) is 14.2. The van der Waals surface area contributed by atoms with Crippen LogP contribution < -0.4 is 0 Å². The van der Waals surface area contributed by atoms with E-state index in [-0.39, 0.29) is 17.6 Å². The van der Waals surface area contributed by atoms with Gasteiger partial charge in [0.05, 0.1) is 10.8 Å². The first-order valence-corrected chi connectivity index (χ1v) is 9.01. The summed E-state index contributed by atoms with van der Waals surface area (Å²) in [4.78, 5) is 19.6. The van der Waals surface area contributed by atoms with Gasteiger partial charge in [0.25, 0.3) is 5.91 Å². The van der Waals surface area contributed by atoms with Crippen molar-refractivity contribution in [1.29, 1.82) is 0 Å². The summed E-state index contributed by atoms with van der Waals surface area (Å²) in [5, 5.41) is 5.91. The van der Waals surface area contributed by atoms with E-state index < -0.39 is 0 Å². The van der Waals surface area contributed by atoms with E-state index >= 15 is 0 Å². The Morgan fingerprint density at radius 3 is 2.88 bits per heavy atom. The Bertz CT molecular complexity index is 861. The van der Waals surface area contributed by atoms with E-state index in [2.05, 4.69) is 10.1 Å². The molecule has 1 aliphatic heterocycles. The lowest BCUT2D eigenvalue weighted by Crippen LogP contribution is -2.38. The van der Waals surface area contributed by atoms with Crippen LogP contribution in [0, 0.1) is 5.82 Å². The monoisotopic (exact) mass is 357 g/mol. The minimum Gasteiger partial charge on any atom is -0.339 e. The molecule has 0 unspecified atom stereocenters. The van der Waals surface area contributed by atoms with Gasteiger partial charge in [-0.15, -0.1) is 11.3 Å². The molecule has 0 spiro atoms. The van der Waals surface area contributed by atoms with Crippen molar-refractivity contribution in [2.75, 3.05) is 13.1 Å². The number of aromatic nitrogens is 2. The average molecular weight is 357 g/mol. The zero-order valence-electron chi connectivity index (χ0n) is 13.4. The Labute approximate surface area is 148 Å². The molecule has 3 aromatic rings. The molecular formula is C18H16FN3O2S. The standard InChI is InChI=1S/C18H16FN3O2S/c19-14-7-5-12(6-8-14)16-20-17(24-21-16)13-3-1-9-22(11-13)18(23)15-4-2-10-25-15/h2,4-8,10,13H,1,3,9,11H2/t13-/m1/s1. The van der Waals surface area contributed by atoms with Crippen LogP contribution in [0.3, 0.4) is 0 Å². The lowest BCUT2D eigenvalue weighted by atomic mass is 9.98. The van der Waals surface area contributed by atoms with Gasteiger partial charge in [0, 0.05) is 18.7 Å². The Hall–Kier alpha value is -2.54. The molecule has 2 aromatic heterocycles. The van der Waals surface area contributed by atoms with E-state index in [0.717, 1.165) is 24.3 Å². The molecule has 0 radical (unpaired) electrons. The van der Waals surface area contributed by atoms with Crippen molar-refractivity contribution in [2.24, 2.45) is 0 Å². The number of carbonyl (C=O) groups excluding carboxylic acids is 1. The van der Waals surface area contributed by atoms with Gasteiger partial charge < -0.3 is 9.42 Å². The van der Waals surface area contributed by atoms with Crippen LogP contribution in [0.5, 0.6) is 0 Å². The molecule has 0 aliphatic carbocycles. The number of hydrogen-bond donors (Lipinski definition) is 0. The number of thiophene rings is 1. The molecule has 0 N–H and O–H groups in total. The van der Waals surface area contributed by atoms with Gasteiger partial charge in [-0.25, -0.2) is 4.39 Å². The number of likely N-dealkylation sites (tertiary alicyclic amines) is 1. The Morgan fingerprint density at radius 2 is 2.12 bits per heavy atom. The SMILES string of the molecule is O=C(c1cccs1)N1CCC[C@@H](c2nc(-c3ccc(F)cc3)no2)C1. The van der Waals surface area contributed by atoms with Crippen LogP contribution in [-0.2, 0) is 0 Å². The summed E-state index contributed by atoms with van der Waals surface area (Å²) < 4.78 is 18.5. The van der Waals surface area contributed by atoms with E-state index in [4.69, 9.17) is 4.52 Å². The molecule has 1 fully saturated rings. The molecule has 128 valence electrons. The second-order valence-electron chi connectivity index (χ2n) is 6.03. The molecule has 3 heterocycles. The van der Waals surface area contributed by atoms with E-state index in [1.165, 1.54) is 23.5 Å². The van der Waals surface area contributed by atoms with Crippen molar-refractivity contribution in [3.8, 4) is 11.4 Å². The van der Waals surface area contributed by atoms with Crippen molar-refractivity contribution < 1.29 is 13.7 Å². The number of piperidine rings is 1. The van der Waals surface area contributed by atoms with Crippen LogP contribution >= 0.6 is 11.3 Å². The molecular weight excluding hydrogens is 341 g/mol. The van der Waals surface area contributed by atoms with Crippen molar-refractivity contribution in [1.82, 2.24) is 15.0 Å². The van der Waals surface area contributed by atoms with Crippen LogP contribution in [0.1, 0.15) is 34.3 Å². The molecule has 0 bridgehead atoms. The van der Waals surface area contributed by atoms with Gasteiger partial charge in [0.1, 0.15) is 5.82 Å². The third-order valence-corrected chi connectivity index (χ3v) is 5.19. The summed E-state index contributed by atoms with van der Waals surface area (Å²) in [5.74, 6) is 0.750. The summed E-state index contributed by atoms with van der Waals surface area (Å²) in [6.45, 7) is 1.31. The van der Waals surface area contributed by atoms with E-state index in [0.29, 0.717) is 23.8 Å². The maximum Gasteiger partial charge on any atom is 0.263 e. The number of halogens is 1. The van der Waals surface area contributed by atoms with Gasteiger partial charge >= 0.3 is 0 Å². The normalized spacial score (nSPS) is 17.6. The second kappa shape index (κ2) is 6.76. The van der Waals surface area contributed by atoms with Crippen molar-refractivity contribution >= 4 is 17.2 Å². The van der Waals surface area contributed by atoms with Gasteiger partial charge in [-0.2, -0.15) is 4.98 Å². The lowest BCUT2D eigenvalue weighted by molar-refractivity contribution is 0.0700. The first kappa shape index (κ1) is 16.0. The zero-order chi connectivity index (χ0) is 17.2. The van der Waals surface area contributed by atoms with Crippen molar-refractivity contribution in [3.63, 3.8) is 0 Å². The summed E-state index contributed by atoms with van der Waals surface area (Å²) in [6, 6.07) is 9.71. The van der Waals surface area contributed by atoms with Crippen molar-refractivity contribution in [2.45, 2.75) is 18.8 Å². The quantitative estimate of drug-likeness (QED) is 0.712. The average Bonchev–Trinajstić information content (AvgIpc) is 3.34. The van der Waals surface area contributed by atoms with Crippen LogP contribution in [-0.4, -0.2) is 34.0 Å². The number of nitrogens with zero attached hydrogens (tertiary/aromatic N) is 3. The highest BCUT2D eigenvalue weighted by Gasteiger charge is 2.29. The fraction of sp³-hybridized carbons (Fsp3) is 0.278. The van der Waals surface area contributed by atoms with Gasteiger partial charge in [-0.1, -0.05) is 11.2 Å². The second-order valence-corrected chi connectivity index (χ2v) is 6.98. The molecule has 25 heavy (non-hydrogen) atoms. The number of carbonyl (C=O) groups is 1. The largest absolute Gasteiger partial charge is 0.339 e. The summed E-state index contributed by atoms with van der Waals surface area (Å²) >= 11 is 1.45. The van der Waals surface area contributed by atoms with Gasteiger partial charge in [0.15, 0.2) is 0 Å². The third-order valence-electron chi connectivity index (χ3n) is 4.33. The molecule has 7 heteroatoms. The molecule has 1 amide bonds. The smallest absolute Gasteiger partial charge is 0.263 e. The molecule has 1 saturated heterocycles. The maximum atomic E-state index is 13.0. The number of benzene rings is 1. The van der Waals surface area contributed by atoms with Crippen LogP contribution in [0.4, 0.5) is 4.39 Å². The molecule has 1 aliphatic rings. The third kappa shape index (κ3) is 3.32. The highest BCUT2D eigenvalue weighted by atomic mass is 32.1. The van der Waals surface area contributed by atoms with Gasteiger partial charge in [-0.3, -0.25) is 4.79 Å². The van der Waals surface area contributed by atoms with Crippen LogP contribution in [0.15, 0.2) is 46.3 Å². The number of hydrogen-bond acceptors (Lipinski definition) is 5. The molecule has 0 saturated carbocycles. The predicted molar refractivity (Wildman–Crippen MR) is 91.9 cm³/mol. The van der Waals surface area contributed by atoms with E-state index in [1.54, 1.807) is 12.1 Å². The van der Waals surface area contributed by atoms with Crippen LogP contribution in [0.25, 0.3) is 11.4 Å². The Morgan fingerprint density at radius 1 is 1.28 bits per heavy atom. The highest BCUT2D eigenvalue weighted by Crippen LogP contribution is 2.29. The molecule has 4 rings (SSSR count). The fourth-order valence-electron chi connectivity index (χ4n) is 3.04.